The van der Waals surface area contributed by atoms with Crippen molar-refractivity contribution >= 4 is 11.8 Å². The van der Waals surface area contributed by atoms with Gasteiger partial charge in [-0.2, -0.15) is 0 Å². The highest BCUT2D eigenvalue weighted by Crippen LogP contribution is 2.20. The Hall–Kier alpha value is -1.14. The smallest absolute Gasteiger partial charge is 0.258 e. The van der Waals surface area contributed by atoms with Crippen LogP contribution in [0.3, 0.4) is 0 Å². The van der Waals surface area contributed by atoms with E-state index in [1.807, 2.05) is 13.8 Å². The van der Waals surface area contributed by atoms with Crippen LogP contribution in [-0.4, -0.2) is 52.7 Å². The molecule has 0 spiro atoms. The van der Waals surface area contributed by atoms with Gasteiger partial charge in [-0.3, -0.25) is 14.8 Å². The van der Waals surface area contributed by atoms with Gasteiger partial charge in [-0.25, -0.2) is 5.06 Å². The molecule has 0 aromatic rings. The van der Waals surface area contributed by atoms with E-state index < -0.39 is 17.7 Å². The number of hydroxylamine groups is 2. The summed E-state index contributed by atoms with van der Waals surface area (Å²) in [6.45, 7) is 8.78. The number of piperidine rings is 1. The average molecular weight is 384 g/mol. The molecule has 2 unspecified atom stereocenters. The molecule has 1 fully saturated rings. The standard InChI is InChI=1S/C21H41N3O3/c1-4-5-6-7-9-12-18(16-23-13-10-8-11-14-23)24(27)21(26)19(20(22)25)15-17(2)3/h17-19,27H,4-16H2,1-3H3,(H2,22,25). The third-order valence-corrected chi connectivity index (χ3v) is 5.48. The maximum atomic E-state index is 12.8. The first kappa shape index (κ1) is 23.9. The number of carbonyl (C=O) groups is 2. The van der Waals surface area contributed by atoms with Crippen molar-refractivity contribution in [1.29, 1.82) is 0 Å². The SMILES string of the molecule is CCCCCCCC(CN1CCCCC1)N(O)C(=O)C(CC(C)C)C(N)=O. The largest absolute Gasteiger partial charge is 0.369 e. The Morgan fingerprint density at radius 1 is 1.07 bits per heavy atom. The fourth-order valence-electron chi connectivity index (χ4n) is 3.86. The highest BCUT2D eigenvalue weighted by Gasteiger charge is 2.33. The second-order valence-electron chi connectivity index (χ2n) is 8.49. The predicted octanol–water partition coefficient (Wildman–Crippen LogP) is 3.57. The Kier molecular flexibility index (Phi) is 11.6. The van der Waals surface area contributed by atoms with Crippen LogP contribution >= 0.6 is 0 Å². The summed E-state index contributed by atoms with van der Waals surface area (Å²) < 4.78 is 0. The molecule has 2 amide bonds. The third kappa shape index (κ3) is 9.06. The Labute approximate surface area is 165 Å². The maximum Gasteiger partial charge on any atom is 0.258 e. The lowest BCUT2D eigenvalue weighted by Crippen LogP contribution is -2.50. The second-order valence-corrected chi connectivity index (χ2v) is 8.49. The van der Waals surface area contributed by atoms with Crippen LogP contribution in [0.1, 0.15) is 85.0 Å². The van der Waals surface area contributed by atoms with E-state index >= 15 is 0 Å². The van der Waals surface area contributed by atoms with E-state index in [0.29, 0.717) is 13.0 Å². The summed E-state index contributed by atoms with van der Waals surface area (Å²) in [6.07, 6.45) is 10.4. The topological polar surface area (TPSA) is 86.9 Å². The summed E-state index contributed by atoms with van der Waals surface area (Å²) in [7, 11) is 0. The number of amides is 2. The lowest BCUT2D eigenvalue weighted by Gasteiger charge is -2.35. The number of nitrogens with zero attached hydrogens (tertiary/aromatic N) is 2. The molecule has 1 heterocycles. The maximum absolute atomic E-state index is 12.8. The van der Waals surface area contributed by atoms with E-state index in [0.717, 1.165) is 37.4 Å². The molecule has 0 saturated carbocycles. The lowest BCUT2D eigenvalue weighted by molar-refractivity contribution is -0.184. The molecule has 0 bridgehead atoms. The zero-order valence-corrected chi connectivity index (χ0v) is 17.7. The molecule has 6 nitrogen and oxygen atoms in total. The number of hydrogen-bond donors (Lipinski definition) is 2. The van der Waals surface area contributed by atoms with Crippen LogP contribution in [0.4, 0.5) is 0 Å². The monoisotopic (exact) mass is 383 g/mol. The zero-order chi connectivity index (χ0) is 20.2. The highest BCUT2D eigenvalue weighted by atomic mass is 16.5. The lowest BCUT2D eigenvalue weighted by atomic mass is 9.94. The van der Waals surface area contributed by atoms with Crippen LogP contribution < -0.4 is 5.73 Å². The van der Waals surface area contributed by atoms with Crippen molar-refractivity contribution in [2.75, 3.05) is 19.6 Å². The van der Waals surface area contributed by atoms with Crippen molar-refractivity contribution < 1.29 is 14.8 Å². The van der Waals surface area contributed by atoms with Crippen LogP contribution in [0, 0.1) is 11.8 Å². The molecule has 0 radical (unpaired) electrons. The van der Waals surface area contributed by atoms with Crippen molar-refractivity contribution in [3.8, 4) is 0 Å². The minimum absolute atomic E-state index is 0.162. The fourth-order valence-corrected chi connectivity index (χ4v) is 3.86. The van der Waals surface area contributed by atoms with Gasteiger partial charge in [0.2, 0.25) is 5.91 Å². The van der Waals surface area contributed by atoms with Crippen molar-refractivity contribution in [3.05, 3.63) is 0 Å². The quantitative estimate of drug-likeness (QED) is 0.220. The van der Waals surface area contributed by atoms with E-state index in [2.05, 4.69) is 11.8 Å². The Morgan fingerprint density at radius 2 is 1.70 bits per heavy atom. The summed E-state index contributed by atoms with van der Waals surface area (Å²) in [6, 6.07) is -0.272. The molecule has 1 aliphatic heterocycles. The Morgan fingerprint density at radius 3 is 2.26 bits per heavy atom. The molecular formula is C21H41N3O3. The van der Waals surface area contributed by atoms with Gasteiger partial charge in [-0.05, 0) is 44.7 Å². The van der Waals surface area contributed by atoms with Crippen LogP contribution in [0.15, 0.2) is 0 Å². The van der Waals surface area contributed by atoms with Gasteiger partial charge < -0.3 is 10.6 Å². The van der Waals surface area contributed by atoms with E-state index in [9.17, 15) is 14.8 Å². The number of rotatable bonds is 13. The summed E-state index contributed by atoms with van der Waals surface area (Å²) in [5.74, 6) is -1.97. The number of carbonyl (C=O) groups excluding carboxylic acids is 2. The zero-order valence-electron chi connectivity index (χ0n) is 17.7. The van der Waals surface area contributed by atoms with E-state index in [4.69, 9.17) is 5.73 Å². The molecule has 1 rings (SSSR count). The third-order valence-electron chi connectivity index (χ3n) is 5.48. The van der Waals surface area contributed by atoms with Crippen LogP contribution in [0.2, 0.25) is 0 Å². The molecule has 27 heavy (non-hydrogen) atoms. The van der Waals surface area contributed by atoms with Crippen LogP contribution in [-0.2, 0) is 9.59 Å². The van der Waals surface area contributed by atoms with Gasteiger partial charge in [-0.15, -0.1) is 0 Å². The van der Waals surface area contributed by atoms with Crippen molar-refractivity contribution in [1.82, 2.24) is 9.96 Å². The first-order valence-electron chi connectivity index (χ1n) is 10.9. The Balaban J connectivity index is 2.73. The van der Waals surface area contributed by atoms with E-state index in [1.54, 1.807) is 0 Å². The molecule has 1 aliphatic rings. The summed E-state index contributed by atoms with van der Waals surface area (Å²) in [5.41, 5.74) is 5.46. The van der Waals surface area contributed by atoms with Gasteiger partial charge in [0.05, 0.1) is 6.04 Å². The normalized spacial score (nSPS) is 17.7. The molecule has 0 aromatic heterocycles. The second kappa shape index (κ2) is 13.1. The molecule has 3 N–H and O–H groups in total. The number of unbranched alkanes of at least 4 members (excludes halogenated alkanes) is 4. The van der Waals surface area contributed by atoms with Gasteiger partial charge in [-0.1, -0.05) is 59.3 Å². The molecule has 0 aromatic carbocycles. The minimum Gasteiger partial charge on any atom is -0.369 e. The summed E-state index contributed by atoms with van der Waals surface area (Å²) in [5, 5.41) is 11.5. The molecule has 1 saturated heterocycles. The number of hydrogen-bond acceptors (Lipinski definition) is 4. The van der Waals surface area contributed by atoms with Gasteiger partial charge in [0.25, 0.3) is 5.91 Å². The first-order chi connectivity index (χ1) is 12.9. The fraction of sp³-hybridized carbons (Fsp3) is 0.905. The molecule has 6 heteroatoms. The highest BCUT2D eigenvalue weighted by molar-refractivity contribution is 5.99. The first-order valence-corrected chi connectivity index (χ1v) is 10.9. The van der Waals surface area contributed by atoms with Crippen LogP contribution in [0.25, 0.3) is 0 Å². The van der Waals surface area contributed by atoms with Crippen molar-refractivity contribution in [2.24, 2.45) is 17.6 Å². The van der Waals surface area contributed by atoms with Gasteiger partial charge in [0, 0.05) is 6.54 Å². The van der Waals surface area contributed by atoms with Gasteiger partial charge in [0.1, 0.15) is 5.92 Å². The molecular weight excluding hydrogens is 342 g/mol. The van der Waals surface area contributed by atoms with Crippen molar-refractivity contribution in [3.63, 3.8) is 0 Å². The van der Waals surface area contributed by atoms with E-state index in [1.165, 1.54) is 38.5 Å². The van der Waals surface area contributed by atoms with Gasteiger partial charge in [0.15, 0.2) is 0 Å². The van der Waals surface area contributed by atoms with Crippen molar-refractivity contribution in [2.45, 2.75) is 91.0 Å². The van der Waals surface area contributed by atoms with Gasteiger partial charge >= 0.3 is 0 Å². The minimum atomic E-state index is -0.945. The number of likely N-dealkylation sites (tertiary alicyclic amines) is 1. The number of nitrogens with two attached hydrogens (primary N) is 1. The van der Waals surface area contributed by atoms with E-state index in [-0.39, 0.29) is 12.0 Å². The molecule has 0 aliphatic carbocycles. The molecule has 2 atom stereocenters. The molecule has 158 valence electrons. The summed E-state index contributed by atoms with van der Waals surface area (Å²) >= 11 is 0. The average Bonchev–Trinajstić information content (AvgIpc) is 2.64. The Bertz CT molecular complexity index is 436. The summed E-state index contributed by atoms with van der Waals surface area (Å²) in [4.78, 5) is 26.9. The van der Waals surface area contributed by atoms with Crippen LogP contribution in [0.5, 0.6) is 0 Å². The number of primary amides is 1. The predicted molar refractivity (Wildman–Crippen MR) is 108 cm³/mol.